The minimum absolute atomic E-state index is 0.0199. The van der Waals surface area contributed by atoms with E-state index in [0.717, 1.165) is 11.3 Å². The second-order valence-corrected chi connectivity index (χ2v) is 6.99. The van der Waals surface area contributed by atoms with Crippen molar-refractivity contribution < 1.29 is 14.5 Å². The summed E-state index contributed by atoms with van der Waals surface area (Å²) in [5.41, 5.74) is 1.36. The summed E-state index contributed by atoms with van der Waals surface area (Å²) in [6, 6.07) is 12.6. The molecule has 0 saturated heterocycles. The van der Waals surface area contributed by atoms with E-state index in [1.54, 1.807) is 36.4 Å². The van der Waals surface area contributed by atoms with Crippen LogP contribution in [0.15, 0.2) is 48.5 Å². The van der Waals surface area contributed by atoms with E-state index in [9.17, 15) is 19.7 Å². The van der Waals surface area contributed by atoms with E-state index in [1.165, 1.54) is 12.1 Å². The van der Waals surface area contributed by atoms with Gasteiger partial charge < -0.3 is 5.32 Å². The number of para-hydroxylation sites is 1. The first-order valence-corrected chi connectivity index (χ1v) is 9.58. The molecule has 9 nitrogen and oxygen atoms in total. The zero-order valence-electron chi connectivity index (χ0n) is 15.4. The van der Waals surface area contributed by atoms with Gasteiger partial charge in [0, 0.05) is 24.1 Å². The van der Waals surface area contributed by atoms with E-state index in [1.807, 2.05) is 6.92 Å². The van der Waals surface area contributed by atoms with E-state index in [0.29, 0.717) is 34.7 Å². The van der Waals surface area contributed by atoms with E-state index in [4.69, 9.17) is 0 Å². The maximum atomic E-state index is 12.6. The molecule has 10 heteroatoms. The largest absolute Gasteiger partial charge is 0.325 e. The van der Waals surface area contributed by atoms with Crippen molar-refractivity contribution in [2.45, 2.75) is 19.8 Å². The van der Waals surface area contributed by atoms with Gasteiger partial charge in [0.05, 0.1) is 16.2 Å². The van der Waals surface area contributed by atoms with Crippen molar-refractivity contribution in [3.8, 4) is 10.6 Å². The minimum atomic E-state index is -0.480. The van der Waals surface area contributed by atoms with Gasteiger partial charge in [-0.3, -0.25) is 25.0 Å². The topological polar surface area (TPSA) is 127 Å². The van der Waals surface area contributed by atoms with Gasteiger partial charge in [-0.1, -0.05) is 30.4 Å². The number of carbonyl (C=O) groups excluding carboxylic acids is 2. The van der Waals surface area contributed by atoms with Crippen LogP contribution in [0.2, 0.25) is 0 Å². The smallest absolute Gasteiger partial charge is 0.269 e. The average molecular weight is 411 g/mol. The number of nitro groups is 1. The molecule has 0 unspecified atom stereocenters. The Morgan fingerprint density at radius 2 is 1.79 bits per heavy atom. The first-order chi connectivity index (χ1) is 14.0. The fourth-order valence-electron chi connectivity index (χ4n) is 2.51. The Kier molecular flexibility index (Phi) is 6.25. The number of carbonyl (C=O) groups is 2. The van der Waals surface area contributed by atoms with Crippen molar-refractivity contribution in [3.05, 3.63) is 64.2 Å². The number of hydrogen-bond donors (Lipinski definition) is 2. The van der Waals surface area contributed by atoms with Gasteiger partial charge in [0.2, 0.25) is 11.0 Å². The van der Waals surface area contributed by atoms with Gasteiger partial charge in [0.15, 0.2) is 0 Å². The first kappa shape index (κ1) is 20.1. The highest BCUT2D eigenvalue weighted by Gasteiger charge is 2.16. The number of amides is 2. The van der Waals surface area contributed by atoms with E-state index in [2.05, 4.69) is 20.8 Å². The Morgan fingerprint density at radius 3 is 2.48 bits per heavy atom. The lowest BCUT2D eigenvalue weighted by molar-refractivity contribution is -0.384. The molecule has 0 aliphatic carbocycles. The Balaban J connectivity index is 1.74. The number of nitrogens with one attached hydrogen (secondary N) is 2. The fraction of sp³-hybridized carbons (Fsp3) is 0.158. The van der Waals surface area contributed by atoms with Gasteiger partial charge in [-0.15, -0.1) is 10.2 Å². The summed E-state index contributed by atoms with van der Waals surface area (Å²) in [5, 5.41) is 24.9. The predicted molar refractivity (Wildman–Crippen MR) is 110 cm³/mol. The molecule has 1 aromatic heterocycles. The molecule has 29 heavy (non-hydrogen) atoms. The second-order valence-electron chi connectivity index (χ2n) is 6.01. The van der Waals surface area contributed by atoms with Gasteiger partial charge >= 0.3 is 0 Å². The summed E-state index contributed by atoms with van der Waals surface area (Å²) in [5.74, 6) is -0.590. The first-order valence-electron chi connectivity index (χ1n) is 8.76. The number of non-ortho nitro benzene ring substituents is 1. The molecule has 148 valence electrons. The Morgan fingerprint density at radius 1 is 1.07 bits per heavy atom. The molecule has 2 aromatic carbocycles. The lowest BCUT2D eigenvalue weighted by atomic mass is 10.1. The monoisotopic (exact) mass is 411 g/mol. The lowest BCUT2D eigenvalue weighted by Crippen LogP contribution is -2.17. The third-order valence-corrected chi connectivity index (χ3v) is 4.78. The van der Waals surface area contributed by atoms with Crippen molar-refractivity contribution in [1.82, 2.24) is 10.2 Å². The SMILES string of the molecule is CCCC(=O)Nc1ccccc1C(=O)Nc1nnc(-c2ccc([N+](=O)[O-])cc2)s1. The molecule has 3 rings (SSSR count). The van der Waals surface area contributed by atoms with Gasteiger partial charge in [-0.05, 0) is 30.7 Å². The van der Waals surface area contributed by atoms with E-state index < -0.39 is 10.8 Å². The molecule has 0 aliphatic heterocycles. The summed E-state index contributed by atoms with van der Waals surface area (Å²) in [6.45, 7) is 1.90. The molecule has 2 N–H and O–H groups in total. The van der Waals surface area contributed by atoms with Crippen molar-refractivity contribution in [1.29, 1.82) is 0 Å². The number of nitro benzene ring substituents is 1. The van der Waals surface area contributed by atoms with Crippen LogP contribution in [-0.4, -0.2) is 26.9 Å². The molecule has 0 fully saturated rings. The number of anilines is 2. The minimum Gasteiger partial charge on any atom is -0.325 e. The van der Waals surface area contributed by atoms with Crippen LogP contribution in [0, 0.1) is 10.1 Å². The van der Waals surface area contributed by atoms with Crippen LogP contribution in [0.5, 0.6) is 0 Å². The van der Waals surface area contributed by atoms with Crippen molar-refractivity contribution in [2.24, 2.45) is 0 Å². The van der Waals surface area contributed by atoms with E-state index in [-0.39, 0.29) is 16.7 Å². The van der Waals surface area contributed by atoms with Crippen molar-refractivity contribution in [2.75, 3.05) is 10.6 Å². The number of benzene rings is 2. The van der Waals surface area contributed by atoms with Crippen LogP contribution >= 0.6 is 11.3 Å². The molecule has 0 spiro atoms. The van der Waals surface area contributed by atoms with Gasteiger partial charge in [-0.2, -0.15) is 0 Å². The molecule has 0 saturated carbocycles. The number of aromatic nitrogens is 2. The number of rotatable bonds is 7. The molecule has 0 atom stereocenters. The average Bonchev–Trinajstić information content (AvgIpc) is 3.17. The maximum absolute atomic E-state index is 12.6. The molecule has 0 radical (unpaired) electrons. The Hall–Kier alpha value is -3.66. The Bertz CT molecular complexity index is 1050. The summed E-state index contributed by atoms with van der Waals surface area (Å²) in [6.07, 6.45) is 1.07. The fourth-order valence-corrected chi connectivity index (χ4v) is 3.25. The molecule has 3 aromatic rings. The van der Waals surface area contributed by atoms with Crippen LogP contribution in [-0.2, 0) is 4.79 Å². The highest BCUT2D eigenvalue weighted by Crippen LogP contribution is 2.28. The van der Waals surface area contributed by atoms with E-state index >= 15 is 0 Å². The van der Waals surface area contributed by atoms with Crippen molar-refractivity contribution in [3.63, 3.8) is 0 Å². The van der Waals surface area contributed by atoms with Gasteiger partial charge in [-0.25, -0.2) is 0 Å². The standard InChI is InChI=1S/C19H17N5O4S/c1-2-5-16(25)20-15-7-4-3-6-14(15)17(26)21-19-23-22-18(29-19)12-8-10-13(11-9-12)24(27)28/h3-4,6-11H,2,5H2,1H3,(H,20,25)(H,21,23,26). The zero-order valence-corrected chi connectivity index (χ0v) is 16.2. The zero-order chi connectivity index (χ0) is 20.8. The normalized spacial score (nSPS) is 10.4. The number of hydrogen-bond acceptors (Lipinski definition) is 7. The van der Waals surface area contributed by atoms with Gasteiger partial charge in [0.25, 0.3) is 11.6 Å². The van der Waals surface area contributed by atoms with Crippen LogP contribution < -0.4 is 10.6 Å². The Labute approximate surface area is 169 Å². The summed E-state index contributed by atoms with van der Waals surface area (Å²) in [7, 11) is 0. The van der Waals surface area contributed by atoms with Gasteiger partial charge in [0.1, 0.15) is 5.01 Å². The highest BCUT2D eigenvalue weighted by atomic mass is 32.1. The molecule has 1 heterocycles. The molecular formula is C19H17N5O4S. The molecule has 2 amide bonds. The van der Waals surface area contributed by atoms with Crippen LogP contribution in [0.1, 0.15) is 30.1 Å². The third kappa shape index (κ3) is 4.99. The second kappa shape index (κ2) is 9.02. The predicted octanol–water partition coefficient (Wildman–Crippen LogP) is 4.10. The lowest BCUT2D eigenvalue weighted by Gasteiger charge is -2.09. The number of nitrogens with zero attached hydrogens (tertiary/aromatic N) is 3. The highest BCUT2D eigenvalue weighted by molar-refractivity contribution is 7.18. The van der Waals surface area contributed by atoms with Crippen LogP contribution in [0.4, 0.5) is 16.5 Å². The maximum Gasteiger partial charge on any atom is 0.269 e. The third-order valence-electron chi connectivity index (χ3n) is 3.89. The van der Waals surface area contributed by atoms with Crippen molar-refractivity contribution >= 4 is 39.7 Å². The summed E-state index contributed by atoms with van der Waals surface area (Å²) in [4.78, 5) is 34.8. The summed E-state index contributed by atoms with van der Waals surface area (Å²) >= 11 is 1.14. The molecule has 0 aliphatic rings. The quantitative estimate of drug-likeness (QED) is 0.445. The molecule has 0 bridgehead atoms. The summed E-state index contributed by atoms with van der Waals surface area (Å²) < 4.78 is 0. The van der Waals surface area contributed by atoms with Crippen LogP contribution in [0.3, 0.4) is 0 Å². The van der Waals surface area contributed by atoms with Crippen LogP contribution in [0.25, 0.3) is 10.6 Å². The molecular weight excluding hydrogens is 394 g/mol.